The van der Waals surface area contributed by atoms with Gasteiger partial charge in [0.1, 0.15) is 24.2 Å². The Morgan fingerprint density at radius 1 is 1.03 bits per heavy atom. The first-order valence-corrected chi connectivity index (χ1v) is 11.3. The van der Waals surface area contributed by atoms with E-state index in [0.717, 1.165) is 57.6 Å². The number of halogens is 1. The van der Waals surface area contributed by atoms with Crippen molar-refractivity contribution >= 4 is 27.6 Å². The van der Waals surface area contributed by atoms with Gasteiger partial charge in [0.25, 0.3) is 0 Å². The fourth-order valence-electron chi connectivity index (χ4n) is 4.47. The van der Waals surface area contributed by atoms with E-state index < -0.39 is 6.17 Å². The highest BCUT2D eigenvalue weighted by Crippen LogP contribution is 2.31. The summed E-state index contributed by atoms with van der Waals surface area (Å²) in [6, 6.07) is 22.0. The van der Waals surface area contributed by atoms with Crippen LogP contribution in [0.3, 0.4) is 0 Å². The molecule has 0 bridgehead atoms. The summed E-state index contributed by atoms with van der Waals surface area (Å²) in [5, 5.41) is 8.53. The molecule has 1 unspecified atom stereocenters. The molecule has 0 aliphatic carbocycles. The first-order valence-electron chi connectivity index (χ1n) is 11.3. The minimum Gasteiger partial charge on any atom is -0.489 e. The maximum Gasteiger partial charge on any atom is 0.159 e. The van der Waals surface area contributed by atoms with Crippen molar-refractivity contribution in [2.45, 2.75) is 25.6 Å². The molecule has 0 amide bonds. The molecule has 0 saturated carbocycles. The summed E-state index contributed by atoms with van der Waals surface area (Å²) in [6.45, 7) is 1.83. The van der Waals surface area contributed by atoms with E-state index in [2.05, 4.69) is 20.1 Å². The average Bonchev–Trinajstić information content (AvgIpc) is 3.46. The highest BCUT2D eigenvalue weighted by Gasteiger charge is 2.20. The van der Waals surface area contributed by atoms with Crippen molar-refractivity contribution in [2.24, 2.45) is 0 Å². The van der Waals surface area contributed by atoms with Gasteiger partial charge in [-0.1, -0.05) is 30.3 Å². The van der Waals surface area contributed by atoms with E-state index in [1.165, 1.54) is 0 Å². The van der Waals surface area contributed by atoms with Gasteiger partial charge < -0.3 is 14.6 Å². The van der Waals surface area contributed by atoms with Crippen molar-refractivity contribution in [2.75, 3.05) is 18.0 Å². The Morgan fingerprint density at radius 2 is 1.94 bits per heavy atom. The summed E-state index contributed by atoms with van der Waals surface area (Å²) < 4.78 is 19.9. The molecule has 6 nitrogen and oxygen atoms in total. The molecule has 2 aromatic heterocycles. The van der Waals surface area contributed by atoms with Crippen molar-refractivity contribution in [3.63, 3.8) is 0 Å². The molecule has 1 aliphatic heterocycles. The fraction of sp³-hybridized carbons (Fsp3) is 0.231. The number of nitrogens with one attached hydrogen (secondary N) is 2. The quantitative estimate of drug-likeness (QED) is 0.371. The summed E-state index contributed by atoms with van der Waals surface area (Å²) in [6.07, 6.45) is 0.762. The van der Waals surface area contributed by atoms with E-state index in [1.807, 2.05) is 66.7 Å². The topological polar surface area (TPSA) is 69.8 Å². The van der Waals surface area contributed by atoms with Crippen molar-refractivity contribution in [3.8, 4) is 17.3 Å². The van der Waals surface area contributed by atoms with Crippen LogP contribution in [0.4, 0.5) is 10.1 Å². The van der Waals surface area contributed by atoms with Crippen LogP contribution in [0.5, 0.6) is 5.75 Å². The number of fused-ring (bicyclic) bond motifs is 2. The third-order valence-corrected chi connectivity index (χ3v) is 6.20. The summed E-state index contributed by atoms with van der Waals surface area (Å²) >= 11 is 0. The average molecular weight is 442 g/mol. The molecule has 3 heterocycles. The lowest BCUT2D eigenvalue weighted by atomic mass is 10.1. The molecule has 0 spiro atoms. The Balaban J connectivity index is 1.30. The van der Waals surface area contributed by atoms with E-state index in [4.69, 9.17) is 9.72 Å². The van der Waals surface area contributed by atoms with Gasteiger partial charge in [0.2, 0.25) is 0 Å². The number of aromatic nitrogens is 4. The predicted octanol–water partition coefficient (Wildman–Crippen LogP) is 5.62. The number of hydrogen-bond acceptors (Lipinski definition) is 4. The highest BCUT2D eigenvalue weighted by atomic mass is 19.1. The molecule has 1 atom stereocenters. The Labute approximate surface area is 190 Å². The summed E-state index contributed by atoms with van der Waals surface area (Å²) in [4.78, 5) is 10.3. The normalized spacial score (nSPS) is 16.5. The van der Waals surface area contributed by atoms with Crippen molar-refractivity contribution in [3.05, 3.63) is 72.3 Å². The van der Waals surface area contributed by atoms with Gasteiger partial charge in [-0.25, -0.2) is 9.37 Å². The molecule has 2 N–H and O–H groups in total. The maximum atomic E-state index is 13.9. The number of anilines is 1. The smallest absolute Gasteiger partial charge is 0.159 e. The molecule has 7 heteroatoms. The molecule has 5 aromatic rings. The van der Waals surface area contributed by atoms with Crippen molar-refractivity contribution < 1.29 is 9.13 Å². The van der Waals surface area contributed by atoms with Gasteiger partial charge in [-0.05, 0) is 54.8 Å². The van der Waals surface area contributed by atoms with Gasteiger partial charge in [-0.15, -0.1) is 0 Å². The van der Waals surface area contributed by atoms with Crippen LogP contribution in [0.25, 0.3) is 33.5 Å². The summed E-state index contributed by atoms with van der Waals surface area (Å²) in [7, 11) is 0. The number of H-pyrrole nitrogens is 2. The number of nitrogens with zero attached hydrogens (tertiary/aromatic N) is 3. The van der Waals surface area contributed by atoms with Crippen LogP contribution in [-0.4, -0.2) is 39.4 Å². The van der Waals surface area contributed by atoms with Gasteiger partial charge in [0.05, 0.1) is 16.6 Å². The zero-order chi connectivity index (χ0) is 22.2. The van der Waals surface area contributed by atoms with E-state index in [9.17, 15) is 4.39 Å². The van der Waals surface area contributed by atoms with Crippen LogP contribution in [-0.2, 0) is 6.61 Å². The minimum absolute atomic E-state index is 0.447. The fourth-order valence-corrected chi connectivity index (χ4v) is 4.47. The summed E-state index contributed by atoms with van der Waals surface area (Å²) in [5.74, 6) is 1.47. The van der Waals surface area contributed by atoms with E-state index in [1.54, 1.807) is 0 Å². The van der Waals surface area contributed by atoms with Gasteiger partial charge >= 0.3 is 0 Å². The minimum atomic E-state index is -0.763. The molecule has 6 rings (SSSR count). The van der Waals surface area contributed by atoms with Crippen LogP contribution in [0.2, 0.25) is 0 Å². The third kappa shape index (κ3) is 3.91. The first-order chi connectivity index (χ1) is 16.2. The number of aromatic amines is 2. The number of benzene rings is 3. The van der Waals surface area contributed by atoms with Crippen LogP contribution in [0, 0.1) is 0 Å². The first kappa shape index (κ1) is 19.8. The lowest BCUT2D eigenvalue weighted by molar-refractivity contribution is 0.287. The zero-order valence-electron chi connectivity index (χ0n) is 18.1. The molecular weight excluding hydrogens is 417 g/mol. The molecule has 1 aliphatic rings. The van der Waals surface area contributed by atoms with Crippen molar-refractivity contribution in [1.29, 1.82) is 0 Å². The van der Waals surface area contributed by atoms with Gasteiger partial charge in [-0.2, -0.15) is 5.10 Å². The van der Waals surface area contributed by atoms with Crippen LogP contribution >= 0.6 is 0 Å². The largest absolute Gasteiger partial charge is 0.489 e. The number of piperidine rings is 1. The van der Waals surface area contributed by atoms with Crippen molar-refractivity contribution in [1.82, 2.24) is 20.2 Å². The van der Waals surface area contributed by atoms with Gasteiger partial charge in [-0.3, -0.25) is 5.10 Å². The number of imidazole rings is 1. The van der Waals surface area contributed by atoms with E-state index >= 15 is 0 Å². The molecular formula is C26H24FN5O. The van der Waals surface area contributed by atoms with E-state index in [-0.39, 0.29) is 0 Å². The molecule has 1 fully saturated rings. The second-order valence-corrected chi connectivity index (χ2v) is 8.53. The third-order valence-electron chi connectivity index (χ3n) is 6.20. The lowest BCUT2D eigenvalue weighted by Gasteiger charge is -2.30. The molecule has 0 radical (unpaired) electrons. The van der Waals surface area contributed by atoms with E-state index in [0.29, 0.717) is 25.4 Å². The summed E-state index contributed by atoms with van der Waals surface area (Å²) in [5.41, 5.74) is 5.57. The van der Waals surface area contributed by atoms with Crippen LogP contribution < -0.4 is 9.64 Å². The monoisotopic (exact) mass is 441 g/mol. The highest BCUT2D eigenvalue weighted by molar-refractivity contribution is 5.94. The van der Waals surface area contributed by atoms with Crippen LogP contribution in [0.15, 0.2) is 66.7 Å². The second-order valence-electron chi connectivity index (χ2n) is 8.53. The zero-order valence-corrected chi connectivity index (χ0v) is 18.1. The van der Waals surface area contributed by atoms with Crippen LogP contribution in [0.1, 0.15) is 18.4 Å². The Morgan fingerprint density at radius 3 is 2.82 bits per heavy atom. The SMILES string of the molecule is FC1CCCN(c2ccc3nc(-c4n[nH]c5ccc(OCc6ccccc6)cc45)[nH]c3c2)C1. The second kappa shape index (κ2) is 8.24. The standard InChI is InChI=1S/C26H24FN5O/c27-18-7-4-12-32(15-18)19-8-10-23-24(13-19)29-26(28-23)25-21-14-20(9-11-22(21)30-31-25)33-16-17-5-2-1-3-6-17/h1-3,5-6,8-11,13-14,18H,4,7,12,15-16H2,(H,28,29)(H,30,31). The molecule has 1 saturated heterocycles. The lowest BCUT2D eigenvalue weighted by Crippen LogP contribution is -2.36. The Bertz CT molecular complexity index is 1410. The number of hydrogen-bond donors (Lipinski definition) is 2. The van der Waals surface area contributed by atoms with Gasteiger partial charge in [0, 0.05) is 24.2 Å². The number of rotatable bonds is 5. The number of ether oxygens (including phenoxy) is 1. The van der Waals surface area contributed by atoms with Gasteiger partial charge in [0.15, 0.2) is 5.82 Å². The molecule has 166 valence electrons. The Hall–Kier alpha value is -3.87. The Kier molecular flexibility index (Phi) is 4.94. The maximum absolute atomic E-state index is 13.9. The molecule has 3 aromatic carbocycles. The predicted molar refractivity (Wildman–Crippen MR) is 128 cm³/mol. The number of alkyl halides is 1. The molecule has 33 heavy (non-hydrogen) atoms.